The predicted octanol–water partition coefficient (Wildman–Crippen LogP) is -1.37. The highest BCUT2D eigenvalue weighted by atomic mass is 16.5. The third kappa shape index (κ3) is 2.87. The van der Waals surface area contributed by atoms with E-state index in [2.05, 4.69) is 0 Å². The van der Waals surface area contributed by atoms with Crippen LogP contribution in [0.25, 0.3) is 6.20 Å². The fraction of sp³-hybridized carbons (Fsp3) is 0.462. The second-order valence-corrected chi connectivity index (χ2v) is 4.77. The summed E-state index contributed by atoms with van der Waals surface area (Å²) in [7, 11) is 0. The topological polar surface area (TPSA) is 111 Å². The van der Waals surface area contributed by atoms with E-state index < -0.39 is 29.7 Å². The minimum Gasteiger partial charge on any atom is -0.394 e. The minimum absolute atomic E-state index is 0.125. The van der Waals surface area contributed by atoms with Gasteiger partial charge in [-0.1, -0.05) is 0 Å². The highest BCUT2D eigenvalue weighted by molar-refractivity contribution is 5.69. The molecule has 0 unspecified atom stereocenters. The van der Waals surface area contributed by atoms with Gasteiger partial charge in [-0.3, -0.25) is 14.2 Å². The molecule has 2 rings (SSSR count). The monoisotopic (exact) mass is 296 g/mol. The molecule has 21 heavy (non-hydrogen) atoms. The van der Waals surface area contributed by atoms with Crippen LogP contribution in [0.3, 0.4) is 0 Å². The maximum absolute atomic E-state index is 12.3. The summed E-state index contributed by atoms with van der Waals surface area (Å²) >= 11 is 0. The Kier molecular flexibility index (Phi) is 4.51. The molecule has 0 bridgehead atoms. The van der Waals surface area contributed by atoms with E-state index in [4.69, 9.17) is 9.84 Å². The van der Waals surface area contributed by atoms with Crippen LogP contribution in [-0.4, -0.2) is 44.4 Å². The van der Waals surface area contributed by atoms with Crippen molar-refractivity contribution in [2.45, 2.75) is 31.8 Å². The number of ether oxygens (including phenoxy) is 1. The molecule has 1 aromatic rings. The summed E-state index contributed by atoms with van der Waals surface area (Å²) in [6.45, 7) is 1.16. The zero-order valence-corrected chi connectivity index (χ0v) is 11.4. The summed E-state index contributed by atoms with van der Waals surface area (Å²) in [6, 6.07) is 0. The van der Waals surface area contributed by atoms with Crippen LogP contribution in [0.5, 0.6) is 0 Å². The van der Waals surface area contributed by atoms with E-state index in [9.17, 15) is 19.5 Å². The van der Waals surface area contributed by atoms with Crippen LogP contribution < -0.4 is 11.2 Å². The second kappa shape index (κ2) is 6.17. The fourth-order valence-electron chi connectivity index (χ4n) is 2.23. The molecule has 0 aromatic carbocycles. The van der Waals surface area contributed by atoms with Gasteiger partial charge in [-0.25, -0.2) is 9.36 Å². The quantitative estimate of drug-likeness (QED) is 0.524. The van der Waals surface area contributed by atoms with Crippen molar-refractivity contribution in [3.63, 3.8) is 0 Å². The van der Waals surface area contributed by atoms with Crippen LogP contribution >= 0.6 is 0 Å². The number of rotatable bonds is 4. The van der Waals surface area contributed by atoms with Crippen molar-refractivity contribution in [3.8, 4) is 0 Å². The van der Waals surface area contributed by atoms with E-state index in [1.807, 2.05) is 0 Å². The molecule has 1 saturated heterocycles. The average molecular weight is 296 g/mol. The van der Waals surface area contributed by atoms with Crippen LogP contribution in [0, 0.1) is 6.92 Å². The Hall–Kier alpha value is -2.03. The van der Waals surface area contributed by atoms with Gasteiger partial charge in [0.25, 0.3) is 5.56 Å². The Bertz CT molecular complexity index is 674. The highest BCUT2D eigenvalue weighted by Crippen LogP contribution is 2.27. The molecule has 0 radical (unpaired) electrons. The van der Waals surface area contributed by atoms with Gasteiger partial charge in [-0.2, -0.15) is 0 Å². The Morgan fingerprint density at radius 3 is 2.76 bits per heavy atom. The summed E-state index contributed by atoms with van der Waals surface area (Å²) in [4.78, 5) is 34.5. The molecule has 3 atom stereocenters. The van der Waals surface area contributed by atoms with E-state index in [0.717, 1.165) is 16.8 Å². The van der Waals surface area contributed by atoms with E-state index in [1.54, 1.807) is 0 Å². The van der Waals surface area contributed by atoms with Crippen molar-refractivity contribution >= 4 is 12.5 Å². The maximum atomic E-state index is 12.3. The number of allylic oxidation sites excluding steroid dienone is 1. The first kappa shape index (κ1) is 15.4. The van der Waals surface area contributed by atoms with Crippen molar-refractivity contribution in [3.05, 3.63) is 38.7 Å². The number of aryl methyl sites for hydroxylation is 1. The van der Waals surface area contributed by atoms with Crippen LogP contribution in [0.1, 0.15) is 18.2 Å². The molecule has 0 saturated carbocycles. The Labute approximate surface area is 119 Å². The Morgan fingerprint density at radius 1 is 1.48 bits per heavy atom. The molecule has 0 aliphatic carbocycles. The molecule has 1 aromatic heterocycles. The zero-order valence-electron chi connectivity index (χ0n) is 11.4. The average Bonchev–Trinajstić information content (AvgIpc) is 2.84. The third-order valence-electron chi connectivity index (χ3n) is 3.32. The summed E-state index contributed by atoms with van der Waals surface area (Å²) in [5.74, 6) is 0. The summed E-state index contributed by atoms with van der Waals surface area (Å²) in [5.41, 5.74) is -0.929. The maximum Gasteiger partial charge on any atom is 0.337 e. The Balaban J connectivity index is 2.49. The molecule has 2 N–H and O–H groups in total. The van der Waals surface area contributed by atoms with Gasteiger partial charge in [-0.05, 0) is 13.0 Å². The Morgan fingerprint density at radius 2 is 2.19 bits per heavy atom. The summed E-state index contributed by atoms with van der Waals surface area (Å²) in [5, 5.41) is 18.8. The SMILES string of the molecule is Cc1cn([C@H]2C[C@H](O)[C@@H](CO)O2)c(=O)n(/C=C/C=O)c1=O. The van der Waals surface area contributed by atoms with Gasteiger partial charge in [0.15, 0.2) is 0 Å². The van der Waals surface area contributed by atoms with E-state index in [-0.39, 0.29) is 18.6 Å². The highest BCUT2D eigenvalue weighted by Gasteiger charge is 2.35. The molecule has 0 amide bonds. The molecular weight excluding hydrogens is 280 g/mol. The largest absolute Gasteiger partial charge is 0.394 e. The van der Waals surface area contributed by atoms with Crippen molar-refractivity contribution in [1.82, 2.24) is 9.13 Å². The number of aliphatic hydroxyl groups is 2. The molecule has 8 heteroatoms. The van der Waals surface area contributed by atoms with Gasteiger partial charge < -0.3 is 14.9 Å². The number of nitrogens with zero attached hydrogens (tertiary/aromatic N) is 2. The van der Waals surface area contributed by atoms with Crippen molar-refractivity contribution in [2.24, 2.45) is 0 Å². The number of hydrogen-bond acceptors (Lipinski definition) is 6. The fourth-order valence-corrected chi connectivity index (χ4v) is 2.23. The first-order valence-corrected chi connectivity index (χ1v) is 6.40. The molecule has 8 nitrogen and oxygen atoms in total. The van der Waals surface area contributed by atoms with Gasteiger partial charge >= 0.3 is 5.69 Å². The lowest BCUT2D eigenvalue weighted by molar-refractivity contribution is -0.104. The van der Waals surface area contributed by atoms with E-state index in [1.165, 1.54) is 17.7 Å². The number of hydrogen-bond donors (Lipinski definition) is 2. The molecule has 1 fully saturated rings. The van der Waals surface area contributed by atoms with Gasteiger partial charge in [0, 0.05) is 24.4 Å². The van der Waals surface area contributed by atoms with Gasteiger partial charge in [-0.15, -0.1) is 0 Å². The molecular formula is C13H16N2O6. The predicted molar refractivity (Wildman–Crippen MR) is 72.7 cm³/mol. The molecule has 2 heterocycles. The smallest absolute Gasteiger partial charge is 0.337 e. The van der Waals surface area contributed by atoms with Crippen molar-refractivity contribution in [2.75, 3.05) is 6.61 Å². The van der Waals surface area contributed by atoms with Gasteiger partial charge in [0.2, 0.25) is 0 Å². The van der Waals surface area contributed by atoms with Crippen LogP contribution in [-0.2, 0) is 9.53 Å². The third-order valence-corrected chi connectivity index (χ3v) is 3.32. The van der Waals surface area contributed by atoms with E-state index in [0.29, 0.717) is 6.29 Å². The van der Waals surface area contributed by atoms with E-state index >= 15 is 0 Å². The number of carbonyl (C=O) groups is 1. The number of aliphatic hydroxyl groups excluding tert-OH is 2. The lowest BCUT2D eigenvalue weighted by atomic mass is 10.2. The van der Waals surface area contributed by atoms with Crippen LogP contribution in [0.2, 0.25) is 0 Å². The second-order valence-electron chi connectivity index (χ2n) is 4.77. The number of carbonyl (C=O) groups excluding carboxylic acids is 1. The molecule has 1 aliphatic heterocycles. The summed E-state index contributed by atoms with van der Waals surface area (Å²) in [6.07, 6.45) is 1.60. The number of aromatic nitrogens is 2. The van der Waals surface area contributed by atoms with Gasteiger partial charge in [0.05, 0.1) is 12.7 Å². The molecule has 0 spiro atoms. The number of aldehydes is 1. The first-order valence-electron chi connectivity index (χ1n) is 6.40. The molecule has 1 aliphatic rings. The lowest BCUT2D eigenvalue weighted by Gasteiger charge is -2.16. The van der Waals surface area contributed by atoms with Crippen LogP contribution in [0.4, 0.5) is 0 Å². The molecule has 114 valence electrons. The van der Waals surface area contributed by atoms with Crippen molar-refractivity contribution in [1.29, 1.82) is 0 Å². The first-order chi connectivity index (χ1) is 9.99. The standard InChI is InChI=1S/C13H16N2O6/c1-8-6-15(11-5-9(18)10(7-17)21-11)13(20)14(12(8)19)3-2-4-16/h2-4,6,9-11,17-18H,5,7H2,1H3/b3-2+/t9-,10+,11+/m0/s1. The normalized spacial score (nSPS) is 25.6. The van der Waals surface area contributed by atoms with Gasteiger partial charge in [0.1, 0.15) is 18.6 Å². The van der Waals surface area contributed by atoms with Crippen molar-refractivity contribution < 1.29 is 19.7 Å². The zero-order chi connectivity index (χ0) is 15.6. The lowest BCUT2D eigenvalue weighted by Crippen LogP contribution is -2.39. The summed E-state index contributed by atoms with van der Waals surface area (Å²) < 4.78 is 7.37. The van der Waals surface area contributed by atoms with Crippen LogP contribution in [0.15, 0.2) is 21.9 Å². The minimum atomic E-state index is -0.891.